The molecule has 2 aromatic rings. The lowest BCUT2D eigenvalue weighted by atomic mass is 10.2. The van der Waals surface area contributed by atoms with E-state index in [9.17, 15) is 4.79 Å². The van der Waals surface area contributed by atoms with E-state index in [2.05, 4.69) is 42.2 Å². The fourth-order valence-corrected chi connectivity index (χ4v) is 2.33. The van der Waals surface area contributed by atoms with E-state index in [0.717, 1.165) is 20.4 Å². The molecule has 0 fully saturated rings. The minimum Gasteiger partial charge on any atom is -0.444 e. The molecule has 1 aromatic heterocycles. The van der Waals surface area contributed by atoms with Crippen molar-refractivity contribution in [3.63, 3.8) is 0 Å². The van der Waals surface area contributed by atoms with Crippen LogP contribution in [0.15, 0.2) is 31.6 Å². The van der Waals surface area contributed by atoms with Crippen molar-refractivity contribution in [2.24, 2.45) is 0 Å². The number of halogens is 2. The van der Waals surface area contributed by atoms with Gasteiger partial charge in [0, 0.05) is 8.95 Å². The van der Waals surface area contributed by atoms with Gasteiger partial charge in [0.1, 0.15) is 5.76 Å². The van der Waals surface area contributed by atoms with Gasteiger partial charge in [-0.25, -0.2) is 4.98 Å². The SMILES string of the molecule is Cc1nc(CNC(=O)c2cc(Br)ccc2Br)oc1C. The zero-order chi connectivity index (χ0) is 14.0. The third-order valence-electron chi connectivity index (χ3n) is 2.65. The Morgan fingerprint density at radius 3 is 2.74 bits per heavy atom. The average molecular weight is 388 g/mol. The fraction of sp³-hybridized carbons (Fsp3) is 0.231. The molecule has 1 aromatic carbocycles. The van der Waals surface area contributed by atoms with Gasteiger partial charge in [0.25, 0.3) is 5.91 Å². The van der Waals surface area contributed by atoms with Crippen LogP contribution < -0.4 is 5.32 Å². The molecule has 0 bridgehead atoms. The van der Waals surface area contributed by atoms with Gasteiger partial charge in [0.15, 0.2) is 0 Å². The Kier molecular flexibility index (Phi) is 4.42. The molecule has 0 radical (unpaired) electrons. The third kappa shape index (κ3) is 3.45. The number of oxazole rings is 1. The zero-order valence-corrected chi connectivity index (χ0v) is 13.6. The maximum atomic E-state index is 12.1. The Labute approximate surface area is 127 Å². The largest absolute Gasteiger partial charge is 0.444 e. The predicted molar refractivity (Wildman–Crippen MR) is 79.0 cm³/mol. The minimum absolute atomic E-state index is 0.179. The van der Waals surface area contributed by atoms with Crippen LogP contribution in [0, 0.1) is 13.8 Å². The highest BCUT2D eigenvalue weighted by Crippen LogP contribution is 2.21. The highest BCUT2D eigenvalue weighted by atomic mass is 79.9. The number of rotatable bonds is 3. The second kappa shape index (κ2) is 5.88. The summed E-state index contributed by atoms with van der Waals surface area (Å²) in [7, 11) is 0. The van der Waals surface area contributed by atoms with Crippen LogP contribution in [0.4, 0.5) is 0 Å². The normalized spacial score (nSPS) is 10.5. The van der Waals surface area contributed by atoms with Crippen LogP contribution in [0.25, 0.3) is 0 Å². The average Bonchev–Trinajstić information content (AvgIpc) is 2.69. The molecule has 0 aliphatic rings. The van der Waals surface area contributed by atoms with Gasteiger partial charge in [-0.05, 0) is 48.0 Å². The minimum atomic E-state index is -0.179. The number of nitrogens with one attached hydrogen (secondary N) is 1. The zero-order valence-electron chi connectivity index (χ0n) is 10.5. The number of amides is 1. The first-order valence-electron chi connectivity index (χ1n) is 5.63. The molecule has 0 atom stereocenters. The van der Waals surface area contributed by atoms with Crippen molar-refractivity contribution in [2.75, 3.05) is 0 Å². The summed E-state index contributed by atoms with van der Waals surface area (Å²) in [5.74, 6) is 1.10. The van der Waals surface area contributed by atoms with E-state index in [1.54, 1.807) is 6.07 Å². The molecule has 0 saturated carbocycles. The van der Waals surface area contributed by atoms with E-state index >= 15 is 0 Å². The van der Waals surface area contributed by atoms with Gasteiger partial charge in [-0.15, -0.1) is 0 Å². The summed E-state index contributed by atoms with van der Waals surface area (Å²) in [6.45, 7) is 3.99. The molecule has 4 nitrogen and oxygen atoms in total. The Morgan fingerprint density at radius 1 is 1.37 bits per heavy atom. The van der Waals surface area contributed by atoms with Crippen molar-refractivity contribution in [2.45, 2.75) is 20.4 Å². The molecule has 0 saturated heterocycles. The number of nitrogens with zero attached hydrogens (tertiary/aromatic N) is 1. The first kappa shape index (κ1) is 14.3. The molecular weight excluding hydrogens is 376 g/mol. The molecule has 0 unspecified atom stereocenters. The highest BCUT2D eigenvalue weighted by Gasteiger charge is 2.12. The number of benzene rings is 1. The van der Waals surface area contributed by atoms with E-state index in [1.807, 2.05) is 26.0 Å². The Bertz CT molecular complexity index is 604. The van der Waals surface area contributed by atoms with Gasteiger partial charge in [0.05, 0.1) is 17.8 Å². The maximum absolute atomic E-state index is 12.1. The van der Waals surface area contributed by atoms with E-state index in [0.29, 0.717) is 11.5 Å². The van der Waals surface area contributed by atoms with Crippen molar-refractivity contribution in [1.29, 1.82) is 0 Å². The van der Waals surface area contributed by atoms with Crippen LogP contribution in [-0.4, -0.2) is 10.9 Å². The van der Waals surface area contributed by atoms with E-state index in [-0.39, 0.29) is 12.5 Å². The second-order valence-electron chi connectivity index (χ2n) is 4.06. The summed E-state index contributed by atoms with van der Waals surface area (Å²) in [5, 5.41) is 2.78. The lowest BCUT2D eigenvalue weighted by Gasteiger charge is -2.05. The van der Waals surface area contributed by atoms with Crippen molar-refractivity contribution in [3.8, 4) is 0 Å². The Morgan fingerprint density at radius 2 is 2.11 bits per heavy atom. The molecule has 100 valence electrons. The summed E-state index contributed by atoms with van der Waals surface area (Å²) >= 11 is 6.69. The molecule has 2 rings (SSSR count). The van der Waals surface area contributed by atoms with Gasteiger partial charge in [-0.1, -0.05) is 15.9 Å². The molecule has 0 aliphatic carbocycles. The lowest BCUT2D eigenvalue weighted by molar-refractivity contribution is 0.0946. The van der Waals surface area contributed by atoms with Gasteiger partial charge in [-0.3, -0.25) is 4.79 Å². The summed E-state index contributed by atoms with van der Waals surface area (Å²) in [5.41, 5.74) is 1.40. The summed E-state index contributed by atoms with van der Waals surface area (Å²) in [6.07, 6.45) is 0. The number of aryl methyl sites for hydroxylation is 2. The van der Waals surface area contributed by atoms with Crippen LogP contribution in [0.5, 0.6) is 0 Å². The van der Waals surface area contributed by atoms with Crippen LogP contribution in [-0.2, 0) is 6.54 Å². The molecule has 1 heterocycles. The number of hydrogen-bond acceptors (Lipinski definition) is 3. The van der Waals surface area contributed by atoms with E-state index < -0.39 is 0 Å². The van der Waals surface area contributed by atoms with Crippen LogP contribution in [0.3, 0.4) is 0 Å². The number of hydrogen-bond donors (Lipinski definition) is 1. The number of carbonyl (C=O) groups excluding carboxylic acids is 1. The summed E-state index contributed by atoms with van der Waals surface area (Å²) in [4.78, 5) is 16.3. The van der Waals surface area contributed by atoms with Crippen molar-refractivity contribution in [1.82, 2.24) is 10.3 Å². The lowest BCUT2D eigenvalue weighted by Crippen LogP contribution is -2.23. The van der Waals surface area contributed by atoms with Crippen molar-refractivity contribution in [3.05, 3.63) is 50.1 Å². The quantitative estimate of drug-likeness (QED) is 0.872. The summed E-state index contributed by atoms with van der Waals surface area (Å²) in [6, 6.07) is 5.44. The Balaban J connectivity index is 2.07. The van der Waals surface area contributed by atoms with Gasteiger partial charge in [-0.2, -0.15) is 0 Å². The Hall–Kier alpha value is -1.14. The van der Waals surface area contributed by atoms with E-state index in [1.165, 1.54) is 0 Å². The van der Waals surface area contributed by atoms with Gasteiger partial charge in [0.2, 0.25) is 5.89 Å². The first-order valence-corrected chi connectivity index (χ1v) is 7.22. The van der Waals surface area contributed by atoms with Gasteiger partial charge >= 0.3 is 0 Å². The number of carbonyl (C=O) groups is 1. The van der Waals surface area contributed by atoms with E-state index in [4.69, 9.17) is 4.42 Å². The molecule has 1 amide bonds. The maximum Gasteiger partial charge on any atom is 0.252 e. The first-order chi connectivity index (χ1) is 8.97. The molecule has 1 N–H and O–H groups in total. The standard InChI is InChI=1S/C13H12Br2N2O2/c1-7-8(2)19-12(17-7)6-16-13(18)10-5-9(14)3-4-11(10)15/h3-5H,6H2,1-2H3,(H,16,18). The molecular formula is C13H12Br2N2O2. The number of aromatic nitrogens is 1. The third-order valence-corrected chi connectivity index (χ3v) is 3.83. The summed E-state index contributed by atoms with van der Waals surface area (Å²) < 4.78 is 7.00. The van der Waals surface area contributed by atoms with Crippen LogP contribution in [0.1, 0.15) is 27.7 Å². The van der Waals surface area contributed by atoms with Gasteiger partial charge < -0.3 is 9.73 Å². The van der Waals surface area contributed by atoms with Crippen LogP contribution in [0.2, 0.25) is 0 Å². The van der Waals surface area contributed by atoms with Crippen molar-refractivity contribution < 1.29 is 9.21 Å². The van der Waals surface area contributed by atoms with Crippen LogP contribution >= 0.6 is 31.9 Å². The molecule has 6 heteroatoms. The topological polar surface area (TPSA) is 55.1 Å². The predicted octanol–water partition coefficient (Wildman–Crippen LogP) is 3.75. The molecule has 0 aliphatic heterocycles. The monoisotopic (exact) mass is 386 g/mol. The highest BCUT2D eigenvalue weighted by molar-refractivity contribution is 9.11. The fourth-order valence-electron chi connectivity index (χ4n) is 1.54. The smallest absolute Gasteiger partial charge is 0.252 e. The van der Waals surface area contributed by atoms with Crippen molar-refractivity contribution >= 4 is 37.8 Å². The molecule has 0 spiro atoms. The molecule has 19 heavy (non-hydrogen) atoms. The second-order valence-corrected chi connectivity index (χ2v) is 5.83.